The first-order valence-corrected chi connectivity index (χ1v) is 6.92. The van der Waals surface area contributed by atoms with Gasteiger partial charge in [-0.1, -0.05) is 0 Å². The maximum atomic E-state index is 12.3. The van der Waals surface area contributed by atoms with Crippen LogP contribution in [0.2, 0.25) is 0 Å². The molecule has 6 nitrogen and oxygen atoms in total. The average Bonchev–Trinajstić information content (AvgIpc) is 2.72. The number of hydrogen-bond donors (Lipinski definition) is 1. The highest BCUT2D eigenvalue weighted by Crippen LogP contribution is 2.31. The molecule has 1 amide bonds. The SMILES string of the molecule is CN1CCCC(c2nc(Br)c3c(N)nccn23)C1=O. The minimum Gasteiger partial charge on any atom is -0.382 e. The zero-order valence-electron chi connectivity index (χ0n) is 10.5. The summed E-state index contributed by atoms with van der Waals surface area (Å²) in [4.78, 5) is 22.6. The van der Waals surface area contributed by atoms with E-state index < -0.39 is 0 Å². The second-order valence-electron chi connectivity index (χ2n) is 4.75. The number of nitrogen functional groups attached to an aromatic ring is 1. The lowest BCUT2D eigenvalue weighted by molar-refractivity contribution is -0.133. The van der Waals surface area contributed by atoms with E-state index in [2.05, 4.69) is 25.9 Å². The van der Waals surface area contributed by atoms with E-state index in [-0.39, 0.29) is 11.8 Å². The third-order valence-corrected chi connectivity index (χ3v) is 4.09. The number of piperidine rings is 1. The Bertz CT molecular complexity index is 653. The van der Waals surface area contributed by atoms with Crippen molar-refractivity contribution in [1.82, 2.24) is 19.3 Å². The fourth-order valence-corrected chi connectivity index (χ4v) is 3.14. The Kier molecular flexibility index (Phi) is 2.93. The van der Waals surface area contributed by atoms with Crippen LogP contribution >= 0.6 is 15.9 Å². The molecule has 0 aromatic carbocycles. The molecule has 2 aromatic heterocycles. The first-order chi connectivity index (χ1) is 9.09. The van der Waals surface area contributed by atoms with E-state index in [0.717, 1.165) is 30.7 Å². The van der Waals surface area contributed by atoms with Crippen molar-refractivity contribution in [3.8, 4) is 0 Å². The van der Waals surface area contributed by atoms with Crippen LogP contribution in [-0.2, 0) is 4.79 Å². The number of likely N-dealkylation sites (N-methyl/N-ethyl adjacent to an activating group) is 1. The Morgan fingerprint density at radius 1 is 1.53 bits per heavy atom. The van der Waals surface area contributed by atoms with Crippen molar-refractivity contribution in [2.24, 2.45) is 0 Å². The Labute approximate surface area is 118 Å². The molecule has 0 aliphatic carbocycles. The molecule has 0 radical (unpaired) electrons. The van der Waals surface area contributed by atoms with Gasteiger partial charge in [0.25, 0.3) is 0 Å². The number of carbonyl (C=O) groups is 1. The third-order valence-electron chi connectivity index (χ3n) is 3.54. The van der Waals surface area contributed by atoms with Crippen LogP contribution < -0.4 is 5.73 Å². The number of likely N-dealkylation sites (tertiary alicyclic amines) is 1. The molecule has 7 heteroatoms. The Morgan fingerprint density at radius 2 is 2.32 bits per heavy atom. The summed E-state index contributed by atoms with van der Waals surface area (Å²) >= 11 is 3.39. The van der Waals surface area contributed by atoms with Gasteiger partial charge in [0.2, 0.25) is 5.91 Å². The van der Waals surface area contributed by atoms with Gasteiger partial charge in [-0.15, -0.1) is 0 Å². The Morgan fingerprint density at radius 3 is 3.11 bits per heavy atom. The molecule has 1 fully saturated rings. The quantitative estimate of drug-likeness (QED) is 0.860. The number of nitrogens with zero attached hydrogens (tertiary/aromatic N) is 4. The lowest BCUT2D eigenvalue weighted by Crippen LogP contribution is -2.37. The molecule has 0 saturated carbocycles. The van der Waals surface area contributed by atoms with Crippen LogP contribution in [0.25, 0.3) is 5.52 Å². The van der Waals surface area contributed by atoms with Gasteiger partial charge in [-0.2, -0.15) is 0 Å². The Hall–Kier alpha value is -1.63. The maximum absolute atomic E-state index is 12.3. The number of hydrogen-bond acceptors (Lipinski definition) is 4. The molecule has 1 atom stereocenters. The molecule has 3 heterocycles. The van der Waals surface area contributed by atoms with Gasteiger partial charge in [0.15, 0.2) is 5.82 Å². The van der Waals surface area contributed by atoms with Crippen molar-refractivity contribution < 1.29 is 4.79 Å². The first-order valence-electron chi connectivity index (χ1n) is 6.12. The minimum absolute atomic E-state index is 0.112. The minimum atomic E-state index is -0.209. The van der Waals surface area contributed by atoms with Gasteiger partial charge in [0.1, 0.15) is 15.9 Å². The lowest BCUT2D eigenvalue weighted by atomic mass is 9.96. The van der Waals surface area contributed by atoms with Crippen molar-refractivity contribution in [2.75, 3.05) is 19.3 Å². The van der Waals surface area contributed by atoms with E-state index in [1.165, 1.54) is 0 Å². The van der Waals surface area contributed by atoms with E-state index in [1.54, 1.807) is 17.3 Å². The molecule has 1 aliphatic heterocycles. The van der Waals surface area contributed by atoms with Crippen molar-refractivity contribution in [1.29, 1.82) is 0 Å². The molecule has 0 spiro atoms. The fourth-order valence-electron chi connectivity index (χ4n) is 2.56. The predicted molar refractivity (Wildman–Crippen MR) is 74.7 cm³/mol. The summed E-state index contributed by atoms with van der Waals surface area (Å²) < 4.78 is 2.49. The second kappa shape index (κ2) is 4.48. The van der Waals surface area contributed by atoms with Gasteiger partial charge >= 0.3 is 0 Å². The Balaban J connectivity index is 2.15. The number of anilines is 1. The zero-order chi connectivity index (χ0) is 13.6. The van der Waals surface area contributed by atoms with Gasteiger partial charge in [-0.05, 0) is 28.8 Å². The number of rotatable bonds is 1. The van der Waals surface area contributed by atoms with Crippen molar-refractivity contribution in [3.05, 3.63) is 22.8 Å². The van der Waals surface area contributed by atoms with E-state index in [9.17, 15) is 4.79 Å². The van der Waals surface area contributed by atoms with Gasteiger partial charge in [-0.25, -0.2) is 9.97 Å². The summed E-state index contributed by atoms with van der Waals surface area (Å²) in [5.41, 5.74) is 6.59. The maximum Gasteiger partial charge on any atom is 0.233 e. The van der Waals surface area contributed by atoms with E-state index in [4.69, 9.17) is 5.73 Å². The van der Waals surface area contributed by atoms with Gasteiger partial charge in [-0.3, -0.25) is 9.20 Å². The number of fused-ring (bicyclic) bond motifs is 1. The molecule has 0 bridgehead atoms. The molecule has 19 heavy (non-hydrogen) atoms. The van der Waals surface area contributed by atoms with Crippen LogP contribution in [0.4, 0.5) is 5.82 Å². The number of carbonyl (C=O) groups excluding carboxylic acids is 1. The third kappa shape index (κ3) is 1.88. The summed E-state index contributed by atoms with van der Waals surface area (Å²) in [6.07, 6.45) is 5.22. The van der Waals surface area contributed by atoms with Crippen LogP contribution in [0.15, 0.2) is 17.0 Å². The molecule has 1 saturated heterocycles. The number of amides is 1. The summed E-state index contributed by atoms with van der Waals surface area (Å²) in [5.74, 6) is 1.04. The largest absolute Gasteiger partial charge is 0.382 e. The first kappa shape index (κ1) is 12.4. The monoisotopic (exact) mass is 323 g/mol. The fraction of sp³-hybridized carbons (Fsp3) is 0.417. The van der Waals surface area contributed by atoms with Crippen LogP contribution in [0, 0.1) is 0 Å². The van der Waals surface area contributed by atoms with Gasteiger partial charge in [0, 0.05) is 26.0 Å². The molecular weight excluding hydrogens is 310 g/mol. The zero-order valence-corrected chi connectivity index (χ0v) is 12.1. The topological polar surface area (TPSA) is 76.5 Å². The van der Waals surface area contributed by atoms with Crippen molar-refractivity contribution in [3.63, 3.8) is 0 Å². The molecule has 1 unspecified atom stereocenters. The molecular formula is C12H14BrN5O. The van der Waals surface area contributed by atoms with Crippen LogP contribution in [0.1, 0.15) is 24.6 Å². The van der Waals surface area contributed by atoms with Gasteiger partial charge < -0.3 is 10.6 Å². The normalized spacial score (nSPS) is 20.2. The van der Waals surface area contributed by atoms with Crippen LogP contribution in [0.3, 0.4) is 0 Å². The predicted octanol–water partition coefficient (Wildman–Crippen LogP) is 1.41. The second-order valence-corrected chi connectivity index (χ2v) is 5.50. The highest BCUT2D eigenvalue weighted by Gasteiger charge is 2.31. The van der Waals surface area contributed by atoms with E-state index in [1.807, 2.05) is 11.4 Å². The highest BCUT2D eigenvalue weighted by molar-refractivity contribution is 9.10. The standard InChI is InChI=1S/C12H14BrN5O/c1-17-5-2-3-7(12(17)19)11-16-9(13)8-10(14)15-4-6-18(8)11/h4,6-7H,2-3,5H2,1H3,(H2,14,15). The van der Waals surface area contributed by atoms with Crippen LogP contribution in [-0.4, -0.2) is 38.8 Å². The summed E-state index contributed by atoms with van der Waals surface area (Å²) in [5, 5.41) is 0. The molecule has 100 valence electrons. The number of aromatic nitrogens is 3. The molecule has 1 aliphatic rings. The average molecular weight is 324 g/mol. The summed E-state index contributed by atoms with van der Waals surface area (Å²) in [7, 11) is 1.83. The lowest BCUT2D eigenvalue weighted by Gasteiger charge is -2.28. The number of halogens is 1. The van der Waals surface area contributed by atoms with Crippen molar-refractivity contribution in [2.45, 2.75) is 18.8 Å². The van der Waals surface area contributed by atoms with Gasteiger partial charge in [0.05, 0.1) is 5.92 Å². The number of nitrogens with two attached hydrogens (primary N) is 1. The van der Waals surface area contributed by atoms with Crippen LogP contribution in [0.5, 0.6) is 0 Å². The van der Waals surface area contributed by atoms with E-state index >= 15 is 0 Å². The van der Waals surface area contributed by atoms with Crippen molar-refractivity contribution >= 4 is 33.2 Å². The molecule has 3 rings (SSSR count). The summed E-state index contributed by atoms with van der Waals surface area (Å²) in [6.45, 7) is 0.809. The summed E-state index contributed by atoms with van der Waals surface area (Å²) in [6, 6.07) is 0. The smallest absolute Gasteiger partial charge is 0.233 e. The molecule has 2 aromatic rings. The molecule has 2 N–H and O–H groups in total. The van der Waals surface area contributed by atoms with E-state index in [0.29, 0.717) is 10.4 Å². The highest BCUT2D eigenvalue weighted by atomic mass is 79.9. The number of imidazole rings is 1.